The Balaban J connectivity index is 1.71. The van der Waals surface area contributed by atoms with E-state index < -0.39 is 0 Å². The second kappa shape index (κ2) is 3.84. The molecule has 0 radical (unpaired) electrons. The van der Waals surface area contributed by atoms with Crippen LogP contribution in [0.3, 0.4) is 0 Å². The van der Waals surface area contributed by atoms with Crippen molar-refractivity contribution in [2.45, 2.75) is 32.6 Å². The quantitative estimate of drug-likeness (QED) is 0.685. The van der Waals surface area contributed by atoms with Gasteiger partial charge in [0.05, 0.1) is 0 Å². The van der Waals surface area contributed by atoms with E-state index in [9.17, 15) is 0 Å². The number of hydrogen-bond acceptors (Lipinski definition) is 1. The van der Waals surface area contributed by atoms with E-state index >= 15 is 0 Å². The molecule has 3 aliphatic carbocycles. The molecule has 0 amide bonds. The largest absolute Gasteiger partial charge is 0.316 e. The summed E-state index contributed by atoms with van der Waals surface area (Å²) in [5.41, 5.74) is 3.71. The maximum Gasteiger partial charge on any atom is 0.0110 e. The van der Waals surface area contributed by atoms with Gasteiger partial charge in [-0.3, -0.25) is 0 Å². The molecule has 4 rings (SSSR count). The van der Waals surface area contributed by atoms with Crippen molar-refractivity contribution in [2.24, 2.45) is 23.2 Å². The second-order valence-corrected chi connectivity index (χ2v) is 6.81. The Hall–Kier alpha value is -0.820. The summed E-state index contributed by atoms with van der Waals surface area (Å²) in [5.74, 6) is 2.71. The summed E-state index contributed by atoms with van der Waals surface area (Å²) in [4.78, 5) is 0. The molecule has 96 valence electrons. The van der Waals surface area contributed by atoms with E-state index in [1.165, 1.54) is 38.8 Å². The van der Waals surface area contributed by atoms with Crippen LogP contribution in [0.15, 0.2) is 35.5 Å². The van der Waals surface area contributed by atoms with E-state index in [2.05, 4.69) is 36.5 Å². The first-order valence-electron chi connectivity index (χ1n) is 7.59. The van der Waals surface area contributed by atoms with Gasteiger partial charge in [-0.2, -0.15) is 0 Å². The topological polar surface area (TPSA) is 12.0 Å². The van der Waals surface area contributed by atoms with E-state index in [1.54, 1.807) is 11.1 Å². The van der Waals surface area contributed by atoms with Gasteiger partial charge in [0.25, 0.3) is 0 Å². The maximum absolute atomic E-state index is 3.62. The van der Waals surface area contributed by atoms with Gasteiger partial charge in [0.1, 0.15) is 0 Å². The Morgan fingerprint density at radius 2 is 2.28 bits per heavy atom. The van der Waals surface area contributed by atoms with Gasteiger partial charge in [-0.1, -0.05) is 31.2 Å². The minimum atomic E-state index is 0.358. The van der Waals surface area contributed by atoms with Gasteiger partial charge in [-0.15, -0.1) is 0 Å². The molecule has 18 heavy (non-hydrogen) atoms. The monoisotopic (exact) mass is 241 g/mol. The third kappa shape index (κ3) is 1.43. The smallest absolute Gasteiger partial charge is 0.0110 e. The SMILES string of the molecule is C[C@@]12C=CC=C1C1=CCC3CCNC[C@@H]3[C@H]1CC2. The summed E-state index contributed by atoms with van der Waals surface area (Å²) in [7, 11) is 0. The molecule has 4 atom stereocenters. The molecule has 0 aromatic rings. The van der Waals surface area contributed by atoms with E-state index in [4.69, 9.17) is 0 Å². The number of fused-ring (bicyclic) bond motifs is 5. The molecule has 1 aliphatic heterocycles. The molecular formula is C17H23N. The predicted molar refractivity (Wildman–Crippen MR) is 75.2 cm³/mol. The van der Waals surface area contributed by atoms with Crippen LogP contribution in [-0.2, 0) is 0 Å². The van der Waals surface area contributed by atoms with Gasteiger partial charge in [-0.05, 0) is 67.7 Å². The van der Waals surface area contributed by atoms with Crippen molar-refractivity contribution in [3.05, 3.63) is 35.5 Å². The first-order chi connectivity index (χ1) is 8.78. The third-order valence-electron chi connectivity index (χ3n) is 5.86. The molecule has 0 spiro atoms. The molecule has 4 aliphatic rings. The fourth-order valence-corrected chi connectivity index (χ4v) is 4.78. The van der Waals surface area contributed by atoms with Crippen LogP contribution in [0.2, 0.25) is 0 Å². The predicted octanol–water partition coefficient (Wildman–Crippen LogP) is 3.45. The minimum Gasteiger partial charge on any atom is -0.316 e. The number of rotatable bonds is 0. The molecule has 1 heteroatoms. The zero-order valence-corrected chi connectivity index (χ0v) is 11.3. The molecule has 1 saturated heterocycles. The summed E-state index contributed by atoms with van der Waals surface area (Å²) < 4.78 is 0. The van der Waals surface area contributed by atoms with Crippen LogP contribution in [0.25, 0.3) is 0 Å². The molecule has 0 aromatic carbocycles. The van der Waals surface area contributed by atoms with Crippen molar-refractivity contribution in [1.82, 2.24) is 5.32 Å². The van der Waals surface area contributed by atoms with Gasteiger partial charge in [0.2, 0.25) is 0 Å². The fraction of sp³-hybridized carbons (Fsp3) is 0.647. The van der Waals surface area contributed by atoms with Crippen molar-refractivity contribution < 1.29 is 0 Å². The highest BCUT2D eigenvalue weighted by Gasteiger charge is 2.44. The lowest BCUT2D eigenvalue weighted by atomic mass is 9.58. The van der Waals surface area contributed by atoms with Gasteiger partial charge in [0, 0.05) is 5.41 Å². The Kier molecular flexibility index (Phi) is 2.35. The first kappa shape index (κ1) is 11.0. The molecule has 0 bridgehead atoms. The third-order valence-corrected chi connectivity index (χ3v) is 5.86. The van der Waals surface area contributed by atoms with Crippen LogP contribution >= 0.6 is 0 Å². The lowest BCUT2D eigenvalue weighted by Crippen LogP contribution is -2.45. The lowest BCUT2D eigenvalue weighted by molar-refractivity contribution is 0.156. The van der Waals surface area contributed by atoms with Crippen molar-refractivity contribution in [3.63, 3.8) is 0 Å². The molecule has 1 nitrogen and oxygen atoms in total. The average molecular weight is 241 g/mol. The van der Waals surface area contributed by atoms with E-state index in [-0.39, 0.29) is 0 Å². The van der Waals surface area contributed by atoms with Crippen LogP contribution in [-0.4, -0.2) is 13.1 Å². The zero-order chi connectivity index (χ0) is 12.2. The highest BCUT2D eigenvalue weighted by Crippen LogP contribution is 2.55. The van der Waals surface area contributed by atoms with Crippen molar-refractivity contribution in [3.8, 4) is 0 Å². The van der Waals surface area contributed by atoms with E-state index in [0.717, 1.165) is 17.8 Å². The standard InChI is InChI=1S/C17H23N/c1-17-8-2-3-16(17)14-5-4-12-7-10-18-11-15(12)13(14)6-9-17/h2-3,5,8,12-13,15,18H,4,6-7,9-11H2,1H3/t12?,13-,15-,17-/m0/s1. The van der Waals surface area contributed by atoms with Crippen molar-refractivity contribution >= 4 is 0 Å². The highest BCUT2D eigenvalue weighted by molar-refractivity contribution is 5.50. The highest BCUT2D eigenvalue weighted by atomic mass is 14.9. The number of allylic oxidation sites excluding steroid dienone is 6. The minimum absolute atomic E-state index is 0.358. The number of piperidine rings is 1. The lowest BCUT2D eigenvalue weighted by Gasteiger charge is -2.48. The van der Waals surface area contributed by atoms with Gasteiger partial charge in [0.15, 0.2) is 0 Å². The zero-order valence-electron chi connectivity index (χ0n) is 11.3. The molecule has 1 N–H and O–H groups in total. The second-order valence-electron chi connectivity index (χ2n) is 6.81. The molecule has 1 heterocycles. The molecule has 2 fully saturated rings. The Morgan fingerprint density at radius 3 is 3.22 bits per heavy atom. The van der Waals surface area contributed by atoms with Gasteiger partial charge >= 0.3 is 0 Å². The molecule has 1 unspecified atom stereocenters. The summed E-state index contributed by atoms with van der Waals surface area (Å²) in [6.45, 7) is 4.91. The molecular weight excluding hydrogens is 218 g/mol. The van der Waals surface area contributed by atoms with Crippen LogP contribution in [0.4, 0.5) is 0 Å². The number of hydrogen-bond donors (Lipinski definition) is 1. The van der Waals surface area contributed by atoms with Crippen molar-refractivity contribution in [1.29, 1.82) is 0 Å². The summed E-state index contributed by atoms with van der Waals surface area (Å²) >= 11 is 0. The Morgan fingerprint density at radius 1 is 1.33 bits per heavy atom. The Labute approximate surface area is 110 Å². The first-order valence-corrected chi connectivity index (χ1v) is 7.59. The van der Waals surface area contributed by atoms with Gasteiger partial charge < -0.3 is 5.32 Å². The van der Waals surface area contributed by atoms with Crippen LogP contribution in [0.1, 0.15) is 32.6 Å². The summed E-state index contributed by atoms with van der Waals surface area (Å²) in [5, 5.41) is 3.62. The Bertz CT molecular complexity index is 456. The van der Waals surface area contributed by atoms with E-state index in [1.807, 2.05) is 0 Å². The molecule has 1 saturated carbocycles. The summed E-state index contributed by atoms with van der Waals surface area (Å²) in [6.07, 6.45) is 15.1. The number of nitrogens with one attached hydrogen (secondary N) is 1. The van der Waals surface area contributed by atoms with Gasteiger partial charge in [-0.25, -0.2) is 0 Å². The van der Waals surface area contributed by atoms with Crippen molar-refractivity contribution in [2.75, 3.05) is 13.1 Å². The summed E-state index contributed by atoms with van der Waals surface area (Å²) in [6, 6.07) is 0. The van der Waals surface area contributed by atoms with E-state index in [0.29, 0.717) is 5.41 Å². The normalized spacial score (nSPS) is 45.7. The average Bonchev–Trinajstić information content (AvgIpc) is 2.80. The molecule has 0 aromatic heterocycles. The van der Waals surface area contributed by atoms with Crippen LogP contribution < -0.4 is 5.32 Å². The van der Waals surface area contributed by atoms with Crippen LogP contribution in [0.5, 0.6) is 0 Å². The maximum atomic E-state index is 3.62. The van der Waals surface area contributed by atoms with Crippen LogP contribution in [0, 0.1) is 23.2 Å². The fourth-order valence-electron chi connectivity index (χ4n) is 4.78.